The maximum absolute atomic E-state index is 11.4. The molecule has 72 valence electrons. The summed E-state index contributed by atoms with van der Waals surface area (Å²) in [7, 11) is 0. The third-order valence-electron chi connectivity index (χ3n) is 3.69. The first-order chi connectivity index (χ1) is 6.31. The van der Waals surface area contributed by atoms with Crippen LogP contribution in [0.25, 0.3) is 0 Å². The van der Waals surface area contributed by atoms with Gasteiger partial charge in [0.2, 0.25) is 0 Å². The van der Waals surface area contributed by atoms with Crippen LogP contribution in [0, 0.1) is 11.8 Å². The van der Waals surface area contributed by atoms with E-state index in [9.17, 15) is 4.79 Å². The third kappa shape index (κ3) is 0.945. The second kappa shape index (κ2) is 2.55. The van der Waals surface area contributed by atoms with Gasteiger partial charge in [-0.15, -0.1) is 0 Å². The highest BCUT2D eigenvalue weighted by Crippen LogP contribution is 2.52. The summed E-state index contributed by atoms with van der Waals surface area (Å²) in [5.74, 6) is 0.758. The van der Waals surface area contributed by atoms with E-state index in [4.69, 9.17) is 9.47 Å². The van der Waals surface area contributed by atoms with Gasteiger partial charge in [-0.1, -0.05) is 0 Å². The van der Waals surface area contributed by atoms with Crippen LogP contribution in [0.4, 0.5) is 0 Å². The Balaban J connectivity index is 1.93. The Labute approximate surface area is 77.4 Å². The Morgan fingerprint density at radius 1 is 1.08 bits per heavy atom. The quantitative estimate of drug-likeness (QED) is 0.563. The standard InChI is InChI=1S/C10H14O3/c11-9-5-7-1-2-8(6-9)10(7)12-3-4-13-10/h7-8H,1-6H2. The smallest absolute Gasteiger partial charge is 0.174 e. The third-order valence-corrected chi connectivity index (χ3v) is 3.69. The highest BCUT2D eigenvalue weighted by molar-refractivity contribution is 5.80. The number of hydrogen-bond acceptors (Lipinski definition) is 3. The van der Waals surface area contributed by atoms with Crippen molar-refractivity contribution in [2.24, 2.45) is 11.8 Å². The molecule has 2 aliphatic carbocycles. The van der Waals surface area contributed by atoms with Crippen molar-refractivity contribution in [1.82, 2.24) is 0 Å². The van der Waals surface area contributed by atoms with Crippen LogP contribution in [0.5, 0.6) is 0 Å². The van der Waals surface area contributed by atoms with Crippen LogP contribution in [-0.4, -0.2) is 24.8 Å². The molecule has 0 N–H and O–H groups in total. The number of Topliss-reactive ketones (excluding diaryl/α,β-unsaturated/α-hetero) is 1. The van der Waals surface area contributed by atoms with Gasteiger partial charge in [0, 0.05) is 24.7 Å². The van der Waals surface area contributed by atoms with Gasteiger partial charge in [0.05, 0.1) is 13.2 Å². The van der Waals surface area contributed by atoms with Crippen molar-refractivity contribution in [3.8, 4) is 0 Å². The predicted octanol–water partition coefficient (Wildman–Crippen LogP) is 1.12. The number of carbonyl (C=O) groups excluding carboxylic acids is 1. The average molecular weight is 182 g/mol. The molecule has 0 aromatic carbocycles. The highest BCUT2D eigenvalue weighted by Gasteiger charge is 2.58. The first-order valence-corrected chi connectivity index (χ1v) is 5.11. The Bertz CT molecular complexity index is 225. The first kappa shape index (κ1) is 7.94. The molecule has 0 amide bonds. The van der Waals surface area contributed by atoms with Crippen LogP contribution >= 0.6 is 0 Å². The lowest BCUT2D eigenvalue weighted by Gasteiger charge is -2.37. The van der Waals surface area contributed by atoms with Crippen LogP contribution in [0.2, 0.25) is 0 Å². The van der Waals surface area contributed by atoms with E-state index in [1.165, 1.54) is 0 Å². The molecule has 2 unspecified atom stereocenters. The van der Waals surface area contributed by atoms with Crippen molar-refractivity contribution in [3.05, 3.63) is 0 Å². The van der Waals surface area contributed by atoms with Gasteiger partial charge in [0.25, 0.3) is 0 Å². The summed E-state index contributed by atoms with van der Waals surface area (Å²) in [6, 6.07) is 0. The van der Waals surface area contributed by atoms with Crippen LogP contribution in [-0.2, 0) is 14.3 Å². The van der Waals surface area contributed by atoms with Crippen LogP contribution in [0.1, 0.15) is 25.7 Å². The summed E-state index contributed by atoms with van der Waals surface area (Å²) in [5.41, 5.74) is 0. The van der Waals surface area contributed by atoms with Gasteiger partial charge < -0.3 is 9.47 Å². The molecule has 0 radical (unpaired) electrons. The molecule has 3 aliphatic rings. The maximum Gasteiger partial charge on any atom is 0.174 e. The summed E-state index contributed by atoms with van der Waals surface area (Å²) in [4.78, 5) is 11.4. The molecule has 13 heavy (non-hydrogen) atoms. The summed E-state index contributed by atoms with van der Waals surface area (Å²) >= 11 is 0. The van der Waals surface area contributed by atoms with Crippen molar-refractivity contribution in [1.29, 1.82) is 0 Å². The van der Waals surface area contributed by atoms with Gasteiger partial charge in [-0.2, -0.15) is 0 Å². The van der Waals surface area contributed by atoms with Gasteiger partial charge in [-0.05, 0) is 12.8 Å². The summed E-state index contributed by atoms with van der Waals surface area (Å²) in [6.45, 7) is 1.42. The molecule has 1 heterocycles. The summed E-state index contributed by atoms with van der Waals surface area (Å²) < 4.78 is 11.5. The number of hydrogen-bond donors (Lipinski definition) is 0. The molecule has 2 bridgehead atoms. The van der Waals surface area contributed by atoms with Crippen molar-refractivity contribution in [2.45, 2.75) is 31.5 Å². The molecule has 0 aromatic heterocycles. The highest BCUT2D eigenvalue weighted by atomic mass is 16.7. The Morgan fingerprint density at radius 2 is 1.62 bits per heavy atom. The molecule has 3 rings (SSSR count). The van der Waals surface area contributed by atoms with Gasteiger partial charge >= 0.3 is 0 Å². The predicted molar refractivity (Wildman–Crippen MR) is 45.1 cm³/mol. The van der Waals surface area contributed by atoms with Crippen molar-refractivity contribution in [2.75, 3.05) is 13.2 Å². The fraction of sp³-hybridized carbons (Fsp3) is 0.900. The van der Waals surface area contributed by atoms with Gasteiger partial charge in [0.15, 0.2) is 5.79 Å². The van der Waals surface area contributed by atoms with Gasteiger partial charge in [-0.25, -0.2) is 0 Å². The molecule has 1 spiro atoms. The molecule has 2 saturated carbocycles. The van der Waals surface area contributed by atoms with E-state index in [0.29, 0.717) is 43.7 Å². The summed E-state index contributed by atoms with van der Waals surface area (Å²) in [6.07, 6.45) is 3.57. The Morgan fingerprint density at radius 3 is 2.15 bits per heavy atom. The minimum absolute atomic E-state index is 0.339. The van der Waals surface area contributed by atoms with E-state index in [1.807, 2.05) is 0 Å². The molecule has 0 aromatic rings. The van der Waals surface area contributed by atoms with Crippen LogP contribution in [0.15, 0.2) is 0 Å². The zero-order chi connectivity index (χ0) is 8.89. The maximum atomic E-state index is 11.4. The largest absolute Gasteiger partial charge is 0.347 e. The van der Waals surface area contributed by atoms with E-state index in [0.717, 1.165) is 12.8 Å². The van der Waals surface area contributed by atoms with E-state index in [1.54, 1.807) is 0 Å². The molecule has 3 fully saturated rings. The minimum Gasteiger partial charge on any atom is -0.347 e. The SMILES string of the molecule is O=C1CC2CCC(C1)C21OCCO1. The normalized spacial score (nSPS) is 41.7. The van der Waals surface area contributed by atoms with E-state index in [2.05, 4.69) is 0 Å². The Hall–Kier alpha value is -0.410. The van der Waals surface area contributed by atoms with E-state index >= 15 is 0 Å². The zero-order valence-corrected chi connectivity index (χ0v) is 7.62. The lowest BCUT2D eigenvalue weighted by molar-refractivity contribution is -0.220. The fourth-order valence-corrected chi connectivity index (χ4v) is 3.18. The van der Waals surface area contributed by atoms with Crippen molar-refractivity contribution in [3.63, 3.8) is 0 Å². The number of rotatable bonds is 0. The molecule has 1 saturated heterocycles. The molecule has 3 nitrogen and oxygen atoms in total. The molecule has 1 aliphatic heterocycles. The second-order valence-electron chi connectivity index (χ2n) is 4.34. The topological polar surface area (TPSA) is 35.5 Å². The molecular formula is C10H14O3. The van der Waals surface area contributed by atoms with E-state index in [-0.39, 0.29) is 5.79 Å². The average Bonchev–Trinajstić information content (AvgIpc) is 2.63. The van der Waals surface area contributed by atoms with Crippen LogP contribution < -0.4 is 0 Å². The molecule has 3 heteroatoms. The second-order valence-corrected chi connectivity index (χ2v) is 4.34. The number of ketones is 1. The monoisotopic (exact) mass is 182 g/mol. The zero-order valence-electron chi connectivity index (χ0n) is 7.62. The lowest BCUT2D eigenvalue weighted by atomic mass is 9.82. The Kier molecular flexibility index (Phi) is 1.56. The minimum atomic E-state index is -0.339. The van der Waals surface area contributed by atoms with Crippen LogP contribution in [0.3, 0.4) is 0 Å². The van der Waals surface area contributed by atoms with E-state index < -0.39 is 0 Å². The van der Waals surface area contributed by atoms with Gasteiger partial charge in [-0.3, -0.25) is 4.79 Å². The lowest BCUT2D eigenvalue weighted by Crippen LogP contribution is -2.46. The van der Waals surface area contributed by atoms with Crippen molar-refractivity contribution >= 4 is 5.78 Å². The molecular weight excluding hydrogens is 168 g/mol. The van der Waals surface area contributed by atoms with Gasteiger partial charge in [0.1, 0.15) is 5.78 Å². The summed E-state index contributed by atoms with van der Waals surface area (Å²) in [5, 5.41) is 0. The number of carbonyl (C=O) groups is 1. The number of ether oxygens (including phenoxy) is 2. The fourth-order valence-electron chi connectivity index (χ4n) is 3.18. The first-order valence-electron chi connectivity index (χ1n) is 5.11. The van der Waals surface area contributed by atoms with Crippen molar-refractivity contribution < 1.29 is 14.3 Å². The molecule has 2 atom stereocenters.